The number of hydrogen-bond donors (Lipinski definition) is 1. The van der Waals surface area contributed by atoms with Crippen LogP contribution >= 0.6 is 0 Å². The highest BCUT2D eigenvalue weighted by atomic mass is 14.9. The summed E-state index contributed by atoms with van der Waals surface area (Å²) in [6, 6.07) is 8.83. The van der Waals surface area contributed by atoms with Gasteiger partial charge < -0.3 is 5.32 Å². The fourth-order valence-corrected chi connectivity index (χ4v) is 1.71. The van der Waals surface area contributed by atoms with Gasteiger partial charge in [0.25, 0.3) is 0 Å². The zero-order valence-corrected chi connectivity index (χ0v) is 10.2. The molecule has 0 amide bonds. The van der Waals surface area contributed by atoms with Crippen molar-refractivity contribution < 1.29 is 0 Å². The van der Waals surface area contributed by atoms with Crippen LogP contribution in [0, 0.1) is 0 Å². The van der Waals surface area contributed by atoms with Gasteiger partial charge >= 0.3 is 0 Å². The number of nitrogens with zero attached hydrogens (tertiary/aromatic N) is 2. The fourth-order valence-electron chi connectivity index (χ4n) is 1.71. The lowest BCUT2D eigenvalue weighted by Crippen LogP contribution is -2.22. The van der Waals surface area contributed by atoms with E-state index in [4.69, 9.17) is 0 Å². The number of rotatable bonds is 4. The Morgan fingerprint density at radius 3 is 2.53 bits per heavy atom. The minimum atomic E-state index is 0.482. The first-order chi connectivity index (χ1) is 8.27. The van der Waals surface area contributed by atoms with Gasteiger partial charge in [-0.15, -0.1) is 0 Å². The second kappa shape index (κ2) is 5.55. The molecule has 0 saturated carbocycles. The van der Waals surface area contributed by atoms with Crippen molar-refractivity contribution in [2.45, 2.75) is 26.4 Å². The maximum Gasteiger partial charge on any atom is 0.115 e. The van der Waals surface area contributed by atoms with Gasteiger partial charge in [-0.05, 0) is 11.1 Å². The number of benzene rings is 1. The molecule has 17 heavy (non-hydrogen) atoms. The van der Waals surface area contributed by atoms with Crippen molar-refractivity contribution in [2.24, 2.45) is 0 Å². The van der Waals surface area contributed by atoms with Crippen LogP contribution < -0.4 is 5.32 Å². The van der Waals surface area contributed by atoms with Crippen molar-refractivity contribution in [3.63, 3.8) is 0 Å². The quantitative estimate of drug-likeness (QED) is 0.872. The molecule has 1 heterocycles. The van der Waals surface area contributed by atoms with Crippen LogP contribution in [0.15, 0.2) is 43.0 Å². The monoisotopic (exact) mass is 227 g/mol. The Balaban J connectivity index is 2.28. The zero-order chi connectivity index (χ0) is 12.1. The molecule has 88 valence electrons. The lowest BCUT2D eigenvalue weighted by Gasteiger charge is -2.12. The molecule has 0 spiro atoms. The van der Waals surface area contributed by atoms with Crippen molar-refractivity contribution in [2.75, 3.05) is 0 Å². The highest BCUT2D eigenvalue weighted by Crippen LogP contribution is 2.21. The molecule has 2 aromatic rings. The topological polar surface area (TPSA) is 37.8 Å². The van der Waals surface area contributed by atoms with Crippen molar-refractivity contribution in [3.05, 3.63) is 48.5 Å². The van der Waals surface area contributed by atoms with Crippen molar-refractivity contribution in [3.8, 4) is 11.1 Å². The van der Waals surface area contributed by atoms with E-state index in [9.17, 15) is 0 Å². The summed E-state index contributed by atoms with van der Waals surface area (Å²) in [6.45, 7) is 5.16. The van der Waals surface area contributed by atoms with Gasteiger partial charge in [-0.25, -0.2) is 9.97 Å². The van der Waals surface area contributed by atoms with Crippen LogP contribution in [0.4, 0.5) is 0 Å². The van der Waals surface area contributed by atoms with Gasteiger partial charge in [0.1, 0.15) is 6.33 Å². The summed E-state index contributed by atoms with van der Waals surface area (Å²) in [7, 11) is 0. The Kier molecular flexibility index (Phi) is 3.83. The molecule has 0 radical (unpaired) electrons. The molecule has 2 rings (SSSR count). The van der Waals surface area contributed by atoms with E-state index in [1.807, 2.05) is 18.5 Å². The molecule has 1 N–H and O–H groups in total. The molecule has 0 saturated heterocycles. The van der Waals surface area contributed by atoms with E-state index in [1.165, 1.54) is 11.1 Å². The predicted molar refractivity (Wildman–Crippen MR) is 69.4 cm³/mol. The van der Waals surface area contributed by atoms with Gasteiger partial charge in [0.2, 0.25) is 0 Å². The fraction of sp³-hybridized carbons (Fsp3) is 0.286. The normalized spacial score (nSPS) is 10.8. The van der Waals surface area contributed by atoms with Crippen LogP contribution in [0.2, 0.25) is 0 Å². The number of hydrogen-bond acceptors (Lipinski definition) is 3. The molecule has 0 aliphatic rings. The molecule has 3 heteroatoms. The summed E-state index contributed by atoms with van der Waals surface area (Å²) < 4.78 is 0. The van der Waals surface area contributed by atoms with E-state index >= 15 is 0 Å². The largest absolute Gasteiger partial charge is 0.310 e. The molecule has 0 bridgehead atoms. The lowest BCUT2D eigenvalue weighted by molar-refractivity contribution is 0.589. The second-order valence-corrected chi connectivity index (χ2v) is 4.32. The average Bonchev–Trinajstić information content (AvgIpc) is 2.38. The average molecular weight is 227 g/mol. The Morgan fingerprint density at radius 1 is 1.12 bits per heavy atom. The van der Waals surface area contributed by atoms with Crippen LogP contribution in [0.5, 0.6) is 0 Å². The minimum Gasteiger partial charge on any atom is -0.310 e. The Labute approximate surface area is 102 Å². The highest BCUT2D eigenvalue weighted by Gasteiger charge is 2.04. The molecule has 0 fully saturated rings. The van der Waals surface area contributed by atoms with Crippen LogP contribution in [0.1, 0.15) is 19.4 Å². The van der Waals surface area contributed by atoms with Crippen molar-refractivity contribution >= 4 is 0 Å². The number of aromatic nitrogens is 2. The van der Waals surface area contributed by atoms with E-state index in [0.29, 0.717) is 6.04 Å². The third-order valence-electron chi connectivity index (χ3n) is 2.59. The van der Waals surface area contributed by atoms with Gasteiger partial charge in [0.15, 0.2) is 0 Å². The standard InChI is InChI=1S/C14H17N3/c1-11(2)17-9-12-5-3-4-6-14(12)13-7-15-10-16-8-13/h3-8,10-11,17H,9H2,1-2H3. The first-order valence-electron chi connectivity index (χ1n) is 5.84. The zero-order valence-electron chi connectivity index (χ0n) is 10.2. The van der Waals surface area contributed by atoms with Gasteiger partial charge in [-0.2, -0.15) is 0 Å². The molecule has 0 aliphatic carbocycles. The van der Waals surface area contributed by atoms with Gasteiger partial charge in [0.05, 0.1) is 0 Å². The van der Waals surface area contributed by atoms with E-state index in [0.717, 1.165) is 12.1 Å². The number of nitrogens with one attached hydrogen (secondary N) is 1. The Bertz CT molecular complexity index is 466. The van der Waals surface area contributed by atoms with E-state index in [1.54, 1.807) is 6.33 Å². The predicted octanol–water partition coefficient (Wildman–Crippen LogP) is 2.64. The van der Waals surface area contributed by atoms with Crippen LogP contribution in [-0.2, 0) is 6.54 Å². The SMILES string of the molecule is CC(C)NCc1ccccc1-c1cncnc1. The molecule has 0 atom stereocenters. The second-order valence-electron chi connectivity index (χ2n) is 4.32. The maximum atomic E-state index is 4.07. The Morgan fingerprint density at radius 2 is 1.82 bits per heavy atom. The smallest absolute Gasteiger partial charge is 0.115 e. The Hall–Kier alpha value is -1.74. The molecule has 3 nitrogen and oxygen atoms in total. The molecule has 1 aromatic heterocycles. The van der Waals surface area contributed by atoms with Crippen molar-refractivity contribution in [1.29, 1.82) is 0 Å². The summed E-state index contributed by atoms with van der Waals surface area (Å²) in [5, 5.41) is 3.43. The van der Waals surface area contributed by atoms with E-state index < -0.39 is 0 Å². The summed E-state index contributed by atoms with van der Waals surface area (Å²) >= 11 is 0. The van der Waals surface area contributed by atoms with Gasteiger partial charge in [0, 0.05) is 30.5 Å². The summed E-state index contributed by atoms with van der Waals surface area (Å²) in [4.78, 5) is 8.13. The van der Waals surface area contributed by atoms with Crippen molar-refractivity contribution in [1.82, 2.24) is 15.3 Å². The third-order valence-corrected chi connectivity index (χ3v) is 2.59. The van der Waals surface area contributed by atoms with Crippen LogP contribution in [0.25, 0.3) is 11.1 Å². The van der Waals surface area contributed by atoms with E-state index in [2.05, 4.69) is 47.3 Å². The summed E-state index contributed by atoms with van der Waals surface area (Å²) in [5.74, 6) is 0. The first kappa shape index (κ1) is 11.7. The molecule has 0 unspecified atom stereocenters. The molecular formula is C14H17N3. The summed E-state index contributed by atoms with van der Waals surface area (Å²) in [6.07, 6.45) is 5.25. The molecular weight excluding hydrogens is 210 g/mol. The first-order valence-corrected chi connectivity index (χ1v) is 5.84. The minimum absolute atomic E-state index is 0.482. The van der Waals surface area contributed by atoms with Crippen LogP contribution in [0.3, 0.4) is 0 Å². The lowest BCUT2D eigenvalue weighted by atomic mass is 10.0. The van der Waals surface area contributed by atoms with Gasteiger partial charge in [-0.3, -0.25) is 0 Å². The maximum absolute atomic E-state index is 4.07. The third kappa shape index (κ3) is 3.11. The summed E-state index contributed by atoms with van der Waals surface area (Å²) in [5.41, 5.74) is 3.53. The van der Waals surface area contributed by atoms with E-state index in [-0.39, 0.29) is 0 Å². The molecule has 0 aliphatic heterocycles. The van der Waals surface area contributed by atoms with Gasteiger partial charge in [-0.1, -0.05) is 38.1 Å². The van der Waals surface area contributed by atoms with Crippen LogP contribution in [-0.4, -0.2) is 16.0 Å². The molecule has 1 aromatic carbocycles. The highest BCUT2D eigenvalue weighted by molar-refractivity contribution is 5.65.